The van der Waals surface area contributed by atoms with E-state index < -0.39 is 0 Å². The van der Waals surface area contributed by atoms with Gasteiger partial charge in [0, 0.05) is 22.4 Å². The Bertz CT molecular complexity index is 2640. The van der Waals surface area contributed by atoms with E-state index in [0.717, 1.165) is 5.92 Å². The minimum absolute atomic E-state index is 0.0866. The third-order valence-electron chi connectivity index (χ3n) is 14.3. The molecule has 0 amide bonds. The van der Waals surface area contributed by atoms with E-state index in [0.29, 0.717) is 5.92 Å². The van der Waals surface area contributed by atoms with Crippen LogP contribution in [-0.2, 0) is 16.2 Å². The maximum Gasteiger partial charge on any atom is 0.0540 e. The smallest absolute Gasteiger partial charge is 0.0540 e. The molecule has 11 rings (SSSR count). The molecule has 270 valence electrons. The molecule has 7 aromatic rings. The van der Waals surface area contributed by atoms with E-state index in [1.807, 2.05) is 0 Å². The fourth-order valence-corrected chi connectivity index (χ4v) is 12.1. The molecule has 3 atom stereocenters. The molecule has 2 bridgehead atoms. The van der Waals surface area contributed by atoms with Crippen molar-refractivity contribution in [2.45, 2.75) is 76.0 Å². The van der Waals surface area contributed by atoms with Crippen LogP contribution in [0.5, 0.6) is 0 Å². The number of benzene rings is 7. The molecule has 1 spiro atoms. The molecule has 0 radical (unpaired) electrons. The zero-order valence-corrected chi connectivity index (χ0v) is 32.6. The summed E-state index contributed by atoms with van der Waals surface area (Å²) >= 11 is 0. The minimum Gasteiger partial charge on any atom is -0.310 e. The zero-order chi connectivity index (χ0) is 37.1. The van der Waals surface area contributed by atoms with Crippen LogP contribution in [-0.4, -0.2) is 0 Å². The van der Waals surface area contributed by atoms with Crippen LogP contribution in [0.2, 0.25) is 0 Å². The zero-order valence-electron chi connectivity index (χ0n) is 32.6. The van der Waals surface area contributed by atoms with Crippen molar-refractivity contribution in [3.05, 3.63) is 174 Å². The number of anilines is 3. The first kappa shape index (κ1) is 33.0. The lowest BCUT2D eigenvalue weighted by molar-refractivity contribution is 0.326. The second-order valence-corrected chi connectivity index (χ2v) is 18.5. The molecule has 2 saturated carbocycles. The molecule has 1 heteroatoms. The molecule has 0 aromatic heterocycles. The maximum atomic E-state index is 2.72. The molecular weight excluding hydrogens is 663 g/mol. The van der Waals surface area contributed by atoms with Crippen LogP contribution in [0.25, 0.3) is 44.2 Å². The van der Waals surface area contributed by atoms with Gasteiger partial charge in [0.15, 0.2) is 0 Å². The van der Waals surface area contributed by atoms with Gasteiger partial charge in [0.1, 0.15) is 0 Å². The molecule has 0 N–H and O–H groups in total. The minimum atomic E-state index is 0.0866. The molecule has 2 fully saturated rings. The fraction of sp³-hybridized carbons (Fsp3) is 0.259. The number of fused-ring (bicyclic) bond motifs is 10. The summed E-state index contributed by atoms with van der Waals surface area (Å²) in [6.07, 6.45) is 6.59. The summed E-state index contributed by atoms with van der Waals surface area (Å²) in [6.45, 7) is 9.89. The van der Waals surface area contributed by atoms with E-state index in [-0.39, 0.29) is 16.2 Å². The van der Waals surface area contributed by atoms with Crippen molar-refractivity contribution < 1.29 is 0 Å². The molecule has 4 aliphatic rings. The van der Waals surface area contributed by atoms with Crippen molar-refractivity contribution >= 4 is 27.8 Å². The van der Waals surface area contributed by atoms with E-state index in [9.17, 15) is 0 Å². The first-order valence-corrected chi connectivity index (χ1v) is 20.6. The van der Waals surface area contributed by atoms with Gasteiger partial charge in [-0.05, 0) is 146 Å². The Hall–Kier alpha value is -5.40. The first-order chi connectivity index (χ1) is 26.7. The van der Waals surface area contributed by atoms with E-state index in [1.54, 1.807) is 22.3 Å². The molecule has 7 aromatic carbocycles. The molecular formula is C54H49N. The topological polar surface area (TPSA) is 3.24 Å². The van der Waals surface area contributed by atoms with Crippen LogP contribution >= 0.6 is 0 Å². The van der Waals surface area contributed by atoms with Crippen molar-refractivity contribution in [3.8, 4) is 33.4 Å². The van der Waals surface area contributed by atoms with Crippen LogP contribution in [0.4, 0.5) is 17.1 Å². The van der Waals surface area contributed by atoms with Crippen molar-refractivity contribution in [2.75, 3.05) is 4.90 Å². The maximum absolute atomic E-state index is 2.72. The average molecular weight is 712 g/mol. The standard InChI is InChI=1S/C54H49N/c1-52(2)34-53(3,4)50-32-48-46(31-49(50)52)45-27-26-43(30-47(45)54(48)33-35-18-24-41(54)28-35)55(42-25-23-37-14-8-9-15-40(37)29-42)51-17-11-10-16-44(51)39-21-19-38(20-22-39)36-12-6-5-7-13-36/h5-17,19-23,25-27,29-32,35,41H,18,24,28,33-34H2,1-4H3. The third kappa shape index (κ3) is 4.91. The van der Waals surface area contributed by atoms with E-state index >= 15 is 0 Å². The van der Waals surface area contributed by atoms with Crippen molar-refractivity contribution in [1.82, 2.24) is 0 Å². The third-order valence-corrected chi connectivity index (χ3v) is 14.3. The Labute approximate surface area is 326 Å². The van der Waals surface area contributed by atoms with Crippen LogP contribution in [0.15, 0.2) is 152 Å². The van der Waals surface area contributed by atoms with Gasteiger partial charge in [0.2, 0.25) is 0 Å². The molecule has 55 heavy (non-hydrogen) atoms. The first-order valence-electron chi connectivity index (χ1n) is 20.6. The highest BCUT2D eigenvalue weighted by Gasteiger charge is 2.58. The predicted molar refractivity (Wildman–Crippen MR) is 232 cm³/mol. The Balaban J connectivity index is 1.11. The van der Waals surface area contributed by atoms with Crippen LogP contribution < -0.4 is 4.90 Å². The quantitative estimate of drug-likeness (QED) is 0.172. The molecule has 3 unspecified atom stereocenters. The number of para-hydroxylation sites is 1. The Morgan fingerprint density at radius 3 is 1.87 bits per heavy atom. The lowest BCUT2D eigenvalue weighted by atomic mass is 9.66. The number of nitrogens with zero attached hydrogens (tertiary/aromatic N) is 1. The van der Waals surface area contributed by atoms with Crippen LogP contribution in [0.3, 0.4) is 0 Å². The summed E-state index contributed by atoms with van der Waals surface area (Å²) in [5.41, 5.74) is 18.3. The Morgan fingerprint density at radius 1 is 0.473 bits per heavy atom. The second-order valence-electron chi connectivity index (χ2n) is 18.5. The van der Waals surface area contributed by atoms with Gasteiger partial charge in [0.25, 0.3) is 0 Å². The molecule has 4 aliphatic carbocycles. The Morgan fingerprint density at radius 2 is 1.11 bits per heavy atom. The summed E-state index contributed by atoms with van der Waals surface area (Å²) in [5, 5.41) is 2.52. The lowest BCUT2D eigenvalue weighted by Gasteiger charge is -2.38. The monoisotopic (exact) mass is 711 g/mol. The summed E-state index contributed by atoms with van der Waals surface area (Å²) in [4.78, 5) is 2.54. The van der Waals surface area contributed by atoms with E-state index in [2.05, 4.69) is 184 Å². The SMILES string of the molecule is CC1(C)CC(C)(C)c2cc3c(cc21)-c1ccc(N(c2ccc4ccccc4c2)c2ccccc2-c2ccc(-c4ccccc4)cc2)cc1C31CC2CCC1C2. The summed E-state index contributed by atoms with van der Waals surface area (Å²) in [7, 11) is 0. The highest BCUT2D eigenvalue weighted by molar-refractivity contribution is 5.94. The fourth-order valence-electron chi connectivity index (χ4n) is 12.1. The van der Waals surface area contributed by atoms with E-state index in [4.69, 9.17) is 0 Å². The summed E-state index contributed by atoms with van der Waals surface area (Å²) < 4.78 is 0. The molecule has 1 nitrogen and oxygen atoms in total. The number of hydrogen-bond donors (Lipinski definition) is 0. The van der Waals surface area contributed by atoms with Gasteiger partial charge in [-0.1, -0.05) is 149 Å². The van der Waals surface area contributed by atoms with Gasteiger partial charge in [-0.15, -0.1) is 0 Å². The van der Waals surface area contributed by atoms with Gasteiger partial charge in [-0.25, -0.2) is 0 Å². The van der Waals surface area contributed by atoms with E-state index in [1.165, 1.54) is 93.3 Å². The van der Waals surface area contributed by atoms with Crippen LogP contribution in [0.1, 0.15) is 82.1 Å². The van der Waals surface area contributed by atoms with Crippen molar-refractivity contribution in [1.29, 1.82) is 0 Å². The van der Waals surface area contributed by atoms with Gasteiger partial charge in [0.05, 0.1) is 5.69 Å². The summed E-state index contributed by atoms with van der Waals surface area (Å²) in [5.74, 6) is 1.52. The highest BCUT2D eigenvalue weighted by Crippen LogP contribution is 2.67. The molecule has 0 heterocycles. The largest absolute Gasteiger partial charge is 0.310 e. The van der Waals surface area contributed by atoms with Crippen molar-refractivity contribution in [3.63, 3.8) is 0 Å². The van der Waals surface area contributed by atoms with Gasteiger partial charge >= 0.3 is 0 Å². The molecule has 0 saturated heterocycles. The highest BCUT2D eigenvalue weighted by atomic mass is 15.1. The van der Waals surface area contributed by atoms with Gasteiger partial charge in [-0.3, -0.25) is 0 Å². The van der Waals surface area contributed by atoms with Gasteiger partial charge in [-0.2, -0.15) is 0 Å². The predicted octanol–water partition coefficient (Wildman–Crippen LogP) is 14.7. The molecule has 0 aliphatic heterocycles. The second kappa shape index (κ2) is 11.8. The number of rotatable bonds is 5. The van der Waals surface area contributed by atoms with Gasteiger partial charge < -0.3 is 4.90 Å². The van der Waals surface area contributed by atoms with Crippen LogP contribution in [0, 0.1) is 11.8 Å². The summed E-state index contributed by atoms with van der Waals surface area (Å²) in [6, 6.07) is 57.5. The normalized spacial score (nSPS) is 22.2. The number of hydrogen-bond acceptors (Lipinski definition) is 1. The van der Waals surface area contributed by atoms with Crippen molar-refractivity contribution in [2.24, 2.45) is 11.8 Å². The Kier molecular flexibility index (Phi) is 7.08. The average Bonchev–Trinajstić information content (AvgIpc) is 3.94. The lowest BCUT2D eigenvalue weighted by Crippen LogP contribution is -2.32.